The first-order valence-electron chi connectivity index (χ1n) is 4.99. The molecule has 0 aliphatic carbocycles. The summed E-state index contributed by atoms with van der Waals surface area (Å²) < 4.78 is 2.04. The van der Waals surface area contributed by atoms with Gasteiger partial charge in [-0.15, -0.1) is 10.2 Å². The summed E-state index contributed by atoms with van der Waals surface area (Å²) in [5.41, 5.74) is 0. The van der Waals surface area contributed by atoms with Crippen molar-refractivity contribution in [1.82, 2.24) is 20.1 Å². The molecule has 0 spiro atoms. The summed E-state index contributed by atoms with van der Waals surface area (Å²) >= 11 is 0. The minimum Gasteiger partial charge on any atom is -0.392 e. The third-order valence-corrected chi connectivity index (χ3v) is 2.58. The van der Waals surface area contributed by atoms with Crippen LogP contribution in [0.3, 0.4) is 0 Å². The molecule has 5 heteroatoms. The van der Waals surface area contributed by atoms with Gasteiger partial charge in [0, 0.05) is 12.6 Å². The topological polar surface area (TPSA) is 63.0 Å². The predicted octanol–water partition coefficient (Wildman–Crippen LogP) is 0.254. The fraction of sp³-hybridized carbons (Fsp3) is 0.778. The van der Waals surface area contributed by atoms with Crippen LogP contribution in [-0.2, 0) is 0 Å². The van der Waals surface area contributed by atoms with Crippen LogP contribution in [0.5, 0.6) is 0 Å². The maximum Gasteiger partial charge on any atom is 0.150 e. The van der Waals surface area contributed by atoms with Gasteiger partial charge in [0.1, 0.15) is 12.2 Å². The van der Waals surface area contributed by atoms with Crippen molar-refractivity contribution in [3.63, 3.8) is 0 Å². The number of rotatable bonds is 2. The van der Waals surface area contributed by atoms with Gasteiger partial charge in [-0.1, -0.05) is 0 Å². The van der Waals surface area contributed by atoms with E-state index in [4.69, 9.17) is 0 Å². The van der Waals surface area contributed by atoms with Crippen LogP contribution in [0.4, 0.5) is 0 Å². The van der Waals surface area contributed by atoms with Crippen molar-refractivity contribution in [3.05, 3.63) is 12.2 Å². The third-order valence-electron chi connectivity index (χ3n) is 2.58. The lowest BCUT2D eigenvalue weighted by atomic mass is 10.2. The van der Waals surface area contributed by atoms with Crippen LogP contribution >= 0.6 is 0 Å². The largest absolute Gasteiger partial charge is 0.392 e. The standard InChI is InChI=1S/C9H16N4O/c1-6(2)13-5-11-12-9(13)8-3-7(14)4-10-8/h5-8,10,14H,3-4H2,1-2H3/t7-,8-/m0/s1. The van der Waals surface area contributed by atoms with Crippen molar-refractivity contribution in [2.75, 3.05) is 6.54 Å². The molecule has 0 saturated carbocycles. The van der Waals surface area contributed by atoms with Crippen molar-refractivity contribution in [1.29, 1.82) is 0 Å². The molecular formula is C9H16N4O. The van der Waals surface area contributed by atoms with E-state index in [1.165, 1.54) is 0 Å². The summed E-state index contributed by atoms with van der Waals surface area (Å²) in [5.74, 6) is 0.927. The highest BCUT2D eigenvalue weighted by atomic mass is 16.3. The van der Waals surface area contributed by atoms with Gasteiger partial charge in [0.15, 0.2) is 0 Å². The average molecular weight is 196 g/mol. The summed E-state index contributed by atoms with van der Waals surface area (Å²) in [6.07, 6.45) is 2.22. The lowest BCUT2D eigenvalue weighted by Crippen LogP contribution is -2.19. The molecule has 1 aliphatic rings. The minimum atomic E-state index is -0.252. The minimum absolute atomic E-state index is 0.148. The number of hydrogen-bond acceptors (Lipinski definition) is 4. The Morgan fingerprint density at radius 3 is 3.00 bits per heavy atom. The molecular weight excluding hydrogens is 180 g/mol. The maximum atomic E-state index is 9.41. The van der Waals surface area contributed by atoms with Crippen LogP contribution in [0, 0.1) is 0 Å². The second-order valence-electron chi connectivity index (χ2n) is 4.04. The summed E-state index contributed by atoms with van der Waals surface area (Å²) in [7, 11) is 0. The van der Waals surface area contributed by atoms with E-state index in [9.17, 15) is 5.11 Å². The molecule has 2 rings (SSSR count). The summed E-state index contributed by atoms with van der Waals surface area (Å²) in [6, 6.07) is 0.509. The SMILES string of the molecule is CC(C)n1cnnc1[C@@H]1C[C@H](O)CN1. The van der Waals surface area contributed by atoms with E-state index in [2.05, 4.69) is 29.4 Å². The highest BCUT2D eigenvalue weighted by Gasteiger charge is 2.27. The zero-order valence-corrected chi connectivity index (χ0v) is 8.51. The fourth-order valence-electron chi connectivity index (χ4n) is 1.81. The molecule has 0 bridgehead atoms. The lowest BCUT2D eigenvalue weighted by Gasteiger charge is -2.14. The Balaban J connectivity index is 2.19. The Bertz CT molecular complexity index is 310. The molecule has 1 fully saturated rings. The van der Waals surface area contributed by atoms with E-state index in [1.54, 1.807) is 6.33 Å². The Kier molecular flexibility index (Phi) is 2.52. The number of β-amino-alcohol motifs (C(OH)–C–C–N with tert-alkyl or cyclic N) is 1. The zero-order chi connectivity index (χ0) is 10.1. The molecule has 1 aromatic heterocycles. The van der Waals surface area contributed by atoms with E-state index in [0.717, 1.165) is 12.2 Å². The second kappa shape index (κ2) is 3.67. The first-order valence-corrected chi connectivity index (χ1v) is 4.99. The van der Waals surface area contributed by atoms with Crippen molar-refractivity contribution in [3.8, 4) is 0 Å². The number of nitrogens with zero attached hydrogens (tertiary/aromatic N) is 3. The molecule has 1 saturated heterocycles. The predicted molar refractivity (Wildman–Crippen MR) is 51.8 cm³/mol. The van der Waals surface area contributed by atoms with Crippen LogP contribution in [0.15, 0.2) is 6.33 Å². The molecule has 78 valence electrons. The highest BCUT2D eigenvalue weighted by molar-refractivity contribution is 5.00. The van der Waals surface area contributed by atoms with Gasteiger partial charge in [0.25, 0.3) is 0 Å². The fourth-order valence-corrected chi connectivity index (χ4v) is 1.81. The number of nitrogens with one attached hydrogen (secondary N) is 1. The Hall–Kier alpha value is -0.940. The van der Waals surface area contributed by atoms with E-state index in [0.29, 0.717) is 12.6 Å². The molecule has 0 amide bonds. The maximum absolute atomic E-state index is 9.41. The number of aromatic nitrogens is 3. The van der Waals surface area contributed by atoms with E-state index >= 15 is 0 Å². The lowest BCUT2D eigenvalue weighted by molar-refractivity contribution is 0.192. The first kappa shape index (κ1) is 9.61. The molecule has 2 heterocycles. The molecule has 0 aromatic carbocycles. The van der Waals surface area contributed by atoms with Gasteiger partial charge < -0.3 is 15.0 Å². The molecule has 2 N–H and O–H groups in total. The van der Waals surface area contributed by atoms with Gasteiger partial charge in [-0.2, -0.15) is 0 Å². The third kappa shape index (κ3) is 1.65. The van der Waals surface area contributed by atoms with E-state index in [-0.39, 0.29) is 12.1 Å². The zero-order valence-electron chi connectivity index (χ0n) is 8.51. The summed E-state index contributed by atoms with van der Waals surface area (Å²) in [5, 5.41) is 20.6. The smallest absolute Gasteiger partial charge is 0.150 e. The monoisotopic (exact) mass is 196 g/mol. The van der Waals surface area contributed by atoms with E-state index in [1.807, 2.05) is 4.57 Å². The van der Waals surface area contributed by atoms with Crippen molar-refractivity contribution < 1.29 is 5.11 Å². The molecule has 5 nitrogen and oxygen atoms in total. The van der Waals surface area contributed by atoms with Crippen LogP contribution in [0.1, 0.15) is 38.2 Å². The van der Waals surface area contributed by atoms with Crippen molar-refractivity contribution in [2.24, 2.45) is 0 Å². The Morgan fingerprint density at radius 2 is 2.43 bits per heavy atom. The molecule has 2 atom stereocenters. The van der Waals surface area contributed by atoms with Gasteiger partial charge in [-0.3, -0.25) is 0 Å². The van der Waals surface area contributed by atoms with Gasteiger partial charge in [0.2, 0.25) is 0 Å². The molecule has 0 radical (unpaired) electrons. The number of aliphatic hydroxyl groups is 1. The van der Waals surface area contributed by atoms with Crippen LogP contribution in [0.2, 0.25) is 0 Å². The first-order chi connectivity index (χ1) is 6.68. The van der Waals surface area contributed by atoms with Gasteiger partial charge in [0.05, 0.1) is 12.1 Å². The highest BCUT2D eigenvalue weighted by Crippen LogP contribution is 2.23. The Labute approximate surface area is 83.2 Å². The number of aliphatic hydroxyl groups excluding tert-OH is 1. The van der Waals surface area contributed by atoms with Crippen molar-refractivity contribution >= 4 is 0 Å². The quantitative estimate of drug-likeness (QED) is 0.712. The van der Waals surface area contributed by atoms with Crippen molar-refractivity contribution in [2.45, 2.75) is 38.5 Å². The summed E-state index contributed by atoms with van der Waals surface area (Å²) in [6.45, 7) is 4.84. The van der Waals surface area contributed by atoms with Crippen LogP contribution in [0.25, 0.3) is 0 Å². The van der Waals surface area contributed by atoms with Gasteiger partial charge in [-0.05, 0) is 20.3 Å². The summed E-state index contributed by atoms with van der Waals surface area (Å²) in [4.78, 5) is 0. The van der Waals surface area contributed by atoms with Crippen LogP contribution in [-0.4, -0.2) is 32.5 Å². The number of hydrogen-bond donors (Lipinski definition) is 2. The molecule has 14 heavy (non-hydrogen) atoms. The van der Waals surface area contributed by atoms with Crippen LogP contribution < -0.4 is 5.32 Å². The molecule has 1 aromatic rings. The van der Waals surface area contributed by atoms with Gasteiger partial charge >= 0.3 is 0 Å². The Morgan fingerprint density at radius 1 is 1.64 bits per heavy atom. The normalized spacial score (nSPS) is 27.4. The average Bonchev–Trinajstić information content (AvgIpc) is 2.70. The van der Waals surface area contributed by atoms with Gasteiger partial charge in [-0.25, -0.2) is 0 Å². The molecule has 1 aliphatic heterocycles. The molecule has 0 unspecified atom stereocenters. The van der Waals surface area contributed by atoms with E-state index < -0.39 is 0 Å². The second-order valence-corrected chi connectivity index (χ2v) is 4.04.